The molecule has 3 nitrogen and oxygen atoms in total. The summed E-state index contributed by atoms with van der Waals surface area (Å²) < 4.78 is 6.01. The van der Waals surface area contributed by atoms with Crippen LogP contribution in [0.3, 0.4) is 0 Å². The molecule has 1 atom stereocenters. The highest BCUT2D eigenvalue weighted by molar-refractivity contribution is 5.88. The van der Waals surface area contributed by atoms with Crippen molar-refractivity contribution in [2.75, 3.05) is 13.1 Å². The molecule has 1 aromatic carbocycles. The Bertz CT molecular complexity index is 500. The maximum atomic E-state index is 6.01. The molecule has 0 saturated heterocycles. The Morgan fingerprint density at radius 1 is 1.50 bits per heavy atom. The third kappa shape index (κ3) is 2.65. The minimum absolute atomic E-state index is 0.169. The molecule has 18 heavy (non-hydrogen) atoms. The van der Waals surface area contributed by atoms with E-state index in [0.29, 0.717) is 6.42 Å². The van der Waals surface area contributed by atoms with Gasteiger partial charge in [0.05, 0.1) is 13.0 Å². The summed E-state index contributed by atoms with van der Waals surface area (Å²) in [6, 6.07) is 6.04. The minimum Gasteiger partial charge on any atom is -0.481 e. The number of ether oxygens (including phenoxy) is 1. The normalized spacial score (nSPS) is 15.5. The Morgan fingerprint density at radius 2 is 2.33 bits per heavy atom. The van der Waals surface area contributed by atoms with Gasteiger partial charge in [-0.3, -0.25) is 4.99 Å². The summed E-state index contributed by atoms with van der Waals surface area (Å²) in [6.07, 6.45) is 5.76. The van der Waals surface area contributed by atoms with E-state index in [0.717, 1.165) is 30.2 Å². The largest absolute Gasteiger partial charge is 0.481 e. The lowest BCUT2D eigenvalue weighted by molar-refractivity contribution is 0.268. The zero-order chi connectivity index (χ0) is 13.0. The summed E-state index contributed by atoms with van der Waals surface area (Å²) in [7, 11) is 0. The van der Waals surface area contributed by atoms with Gasteiger partial charge in [-0.25, -0.2) is 0 Å². The number of aliphatic imine (C=N–C) groups is 1. The SMILES string of the molecule is C#CCC(Oc1cccc(C)c1C)C1=NCCN1. The molecule has 0 bridgehead atoms. The molecular formula is C15H18N2O. The van der Waals surface area contributed by atoms with Crippen LogP contribution >= 0.6 is 0 Å². The number of hydrogen-bond acceptors (Lipinski definition) is 3. The predicted octanol–water partition coefficient (Wildman–Crippen LogP) is 2.08. The summed E-state index contributed by atoms with van der Waals surface area (Å²) in [5.41, 5.74) is 2.37. The number of nitrogens with zero attached hydrogens (tertiary/aromatic N) is 1. The van der Waals surface area contributed by atoms with Crippen LogP contribution in [0.1, 0.15) is 17.5 Å². The second kappa shape index (κ2) is 5.59. The zero-order valence-corrected chi connectivity index (χ0v) is 10.9. The first kappa shape index (κ1) is 12.5. The topological polar surface area (TPSA) is 33.6 Å². The Labute approximate surface area is 108 Å². The van der Waals surface area contributed by atoms with Gasteiger partial charge in [0.2, 0.25) is 0 Å². The van der Waals surface area contributed by atoms with Gasteiger partial charge >= 0.3 is 0 Å². The van der Waals surface area contributed by atoms with Gasteiger partial charge in [0, 0.05) is 6.54 Å². The molecule has 1 aromatic rings. The van der Waals surface area contributed by atoms with Crippen LogP contribution in [0.25, 0.3) is 0 Å². The quantitative estimate of drug-likeness (QED) is 0.820. The van der Waals surface area contributed by atoms with Crippen LogP contribution in [0.2, 0.25) is 0 Å². The molecular weight excluding hydrogens is 224 g/mol. The van der Waals surface area contributed by atoms with Gasteiger partial charge < -0.3 is 10.1 Å². The van der Waals surface area contributed by atoms with E-state index in [9.17, 15) is 0 Å². The summed E-state index contributed by atoms with van der Waals surface area (Å²) in [5.74, 6) is 4.40. The molecule has 3 heteroatoms. The van der Waals surface area contributed by atoms with Crippen LogP contribution in [-0.2, 0) is 0 Å². The average Bonchev–Trinajstić information content (AvgIpc) is 2.88. The Morgan fingerprint density at radius 3 is 3.00 bits per heavy atom. The molecule has 0 amide bonds. The third-order valence-electron chi connectivity index (χ3n) is 3.13. The fourth-order valence-corrected chi connectivity index (χ4v) is 1.94. The van der Waals surface area contributed by atoms with Crippen LogP contribution in [0.5, 0.6) is 5.75 Å². The molecule has 1 aliphatic heterocycles. The molecule has 94 valence electrons. The minimum atomic E-state index is -0.169. The third-order valence-corrected chi connectivity index (χ3v) is 3.13. The molecule has 1 aliphatic rings. The van der Waals surface area contributed by atoms with Crippen molar-refractivity contribution in [3.63, 3.8) is 0 Å². The Kier molecular flexibility index (Phi) is 3.88. The lowest BCUT2D eigenvalue weighted by Gasteiger charge is -2.19. The molecule has 2 rings (SSSR count). The van der Waals surface area contributed by atoms with E-state index in [-0.39, 0.29) is 6.10 Å². The predicted molar refractivity (Wildman–Crippen MR) is 74.1 cm³/mol. The van der Waals surface area contributed by atoms with Crippen molar-refractivity contribution in [3.8, 4) is 18.1 Å². The van der Waals surface area contributed by atoms with E-state index in [1.165, 1.54) is 5.56 Å². The summed E-state index contributed by atoms with van der Waals surface area (Å²) in [6.45, 7) is 5.80. The molecule has 0 aromatic heterocycles. The van der Waals surface area contributed by atoms with Crippen LogP contribution in [0.15, 0.2) is 23.2 Å². The Balaban J connectivity index is 2.18. The first-order valence-corrected chi connectivity index (χ1v) is 6.17. The van der Waals surface area contributed by atoms with Crippen LogP contribution in [-0.4, -0.2) is 25.0 Å². The molecule has 0 saturated carbocycles. The monoisotopic (exact) mass is 242 g/mol. The molecule has 0 fully saturated rings. The van der Waals surface area contributed by atoms with Crippen molar-refractivity contribution >= 4 is 5.84 Å². The van der Waals surface area contributed by atoms with Gasteiger partial charge in [0.15, 0.2) is 6.10 Å². The van der Waals surface area contributed by atoms with E-state index in [1.54, 1.807) is 0 Å². The van der Waals surface area contributed by atoms with Crippen LogP contribution in [0, 0.1) is 26.2 Å². The fraction of sp³-hybridized carbons (Fsp3) is 0.400. The number of rotatable bonds is 4. The second-order valence-electron chi connectivity index (χ2n) is 4.41. The lowest BCUT2D eigenvalue weighted by Crippen LogP contribution is -2.35. The number of benzene rings is 1. The maximum Gasteiger partial charge on any atom is 0.166 e. The number of terminal acetylenes is 1. The van der Waals surface area contributed by atoms with E-state index in [1.807, 2.05) is 12.1 Å². The first-order chi connectivity index (χ1) is 8.72. The van der Waals surface area contributed by atoms with Crippen molar-refractivity contribution < 1.29 is 4.74 Å². The standard InChI is InChI=1S/C15H18N2O/c1-4-6-14(15-16-9-10-17-15)18-13-8-5-7-11(2)12(13)3/h1,5,7-8,14H,6,9-10H2,2-3H3,(H,16,17). The van der Waals surface area contributed by atoms with Gasteiger partial charge in [-0.1, -0.05) is 12.1 Å². The molecule has 0 radical (unpaired) electrons. The number of amidine groups is 1. The molecule has 0 spiro atoms. The highest BCUT2D eigenvalue weighted by Gasteiger charge is 2.20. The van der Waals surface area contributed by atoms with Gasteiger partial charge in [0.25, 0.3) is 0 Å². The molecule has 1 unspecified atom stereocenters. The van der Waals surface area contributed by atoms with Gasteiger partial charge in [-0.2, -0.15) is 0 Å². The summed E-state index contributed by atoms with van der Waals surface area (Å²) >= 11 is 0. The first-order valence-electron chi connectivity index (χ1n) is 6.17. The highest BCUT2D eigenvalue weighted by Crippen LogP contribution is 2.22. The zero-order valence-electron chi connectivity index (χ0n) is 10.9. The van der Waals surface area contributed by atoms with Gasteiger partial charge in [-0.05, 0) is 31.0 Å². The van der Waals surface area contributed by atoms with Crippen LogP contribution < -0.4 is 10.1 Å². The number of nitrogens with one attached hydrogen (secondary N) is 1. The summed E-state index contributed by atoms with van der Waals surface area (Å²) in [5, 5.41) is 3.23. The Hall–Kier alpha value is -1.95. The van der Waals surface area contributed by atoms with Crippen molar-refractivity contribution in [3.05, 3.63) is 29.3 Å². The second-order valence-corrected chi connectivity index (χ2v) is 4.41. The molecule has 1 heterocycles. The van der Waals surface area contributed by atoms with Gasteiger partial charge in [-0.15, -0.1) is 12.3 Å². The van der Waals surface area contributed by atoms with Crippen molar-refractivity contribution in [1.29, 1.82) is 0 Å². The number of hydrogen-bond donors (Lipinski definition) is 1. The van der Waals surface area contributed by atoms with E-state index >= 15 is 0 Å². The maximum absolute atomic E-state index is 6.01. The highest BCUT2D eigenvalue weighted by atomic mass is 16.5. The van der Waals surface area contributed by atoms with E-state index in [4.69, 9.17) is 11.2 Å². The van der Waals surface area contributed by atoms with E-state index in [2.05, 4.69) is 36.1 Å². The lowest BCUT2D eigenvalue weighted by atomic mass is 10.1. The van der Waals surface area contributed by atoms with Gasteiger partial charge in [0.1, 0.15) is 11.6 Å². The van der Waals surface area contributed by atoms with Crippen molar-refractivity contribution in [1.82, 2.24) is 5.32 Å². The van der Waals surface area contributed by atoms with E-state index < -0.39 is 0 Å². The van der Waals surface area contributed by atoms with Crippen LogP contribution in [0.4, 0.5) is 0 Å². The number of aryl methyl sites for hydroxylation is 1. The smallest absolute Gasteiger partial charge is 0.166 e. The summed E-state index contributed by atoms with van der Waals surface area (Å²) in [4.78, 5) is 4.39. The molecule has 0 aliphatic carbocycles. The fourth-order valence-electron chi connectivity index (χ4n) is 1.94. The van der Waals surface area contributed by atoms with Crippen molar-refractivity contribution in [2.24, 2.45) is 4.99 Å². The van der Waals surface area contributed by atoms with Crippen molar-refractivity contribution in [2.45, 2.75) is 26.4 Å². The molecule has 1 N–H and O–H groups in total. The average molecular weight is 242 g/mol.